The number of likely N-dealkylation sites (tertiary alicyclic amines) is 1. The van der Waals surface area contributed by atoms with Gasteiger partial charge in [0.2, 0.25) is 5.91 Å². The number of para-hydroxylation sites is 1. The van der Waals surface area contributed by atoms with Crippen molar-refractivity contribution in [3.8, 4) is 0 Å². The van der Waals surface area contributed by atoms with Gasteiger partial charge in [-0.25, -0.2) is 4.79 Å². The van der Waals surface area contributed by atoms with E-state index in [1.54, 1.807) is 0 Å². The summed E-state index contributed by atoms with van der Waals surface area (Å²) < 4.78 is 5.82. The molecule has 0 bridgehead atoms. The number of hydrogen-bond donors (Lipinski definition) is 1. The van der Waals surface area contributed by atoms with Crippen molar-refractivity contribution < 1.29 is 14.3 Å². The Morgan fingerprint density at radius 3 is 2.46 bits per heavy atom. The molecule has 1 unspecified atom stereocenters. The largest absolute Gasteiger partial charge is 0.375 e. The van der Waals surface area contributed by atoms with Crippen molar-refractivity contribution in [3.05, 3.63) is 30.3 Å². The summed E-state index contributed by atoms with van der Waals surface area (Å²) in [6.07, 6.45) is 3.24. The molecule has 2 heterocycles. The highest BCUT2D eigenvalue weighted by Gasteiger charge is 2.37. The first-order valence-corrected chi connectivity index (χ1v) is 10.4. The van der Waals surface area contributed by atoms with E-state index in [1.807, 2.05) is 35.2 Å². The number of carbonyl (C=O) groups excluding carboxylic acids is 2. The van der Waals surface area contributed by atoms with Gasteiger partial charge in [-0.05, 0) is 58.6 Å². The van der Waals surface area contributed by atoms with Gasteiger partial charge in [0, 0.05) is 43.9 Å². The minimum atomic E-state index is -0.171. The predicted octanol–water partition coefficient (Wildman–Crippen LogP) is 3.74. The molecule has 1 aromatic carbocycles. The van der Waals surface area contributed by atoms with Crippen LogP contribution >= 0.6 is 0 Å². The minimum Gasteiger partial charge on any atom is -0.375 e. The van der Waals surface area contributed by atoms with Crippen molar-refractivity contribution in [1.82, 2.24) is 9.80 Å². The van der Waals surface area contributed by atoms with E-state index in [-0.39, 0.29) is 29.5 Å². The number of nitrogens with one attached hydrogen (secondary N) is 1. The first kappa shape index (κ1) is 20.6. The summed E-state index contributed by atoms with van der Waals surface area (Å²) in [7, 11) is 0. The van der Waals surface area contributed by atoms with E-state index in [0.29, 0.717) is 19.7 Å². The highest BCUT2D eigenvalue weighted by atomic mass is 16.5. The summed E-state index contributed by atoms with van der Waals surface area (Å²) in [5, 5.41) is 2.93. The molecule has 1 atom stereocenters. The number of urea groups is 1. The number of amides is 3. The van der Waals surface area contributed by atoms with Crippen molar-refractivity contribution in [2.75, 3.05) is 31.6 Å². The number of hydrogen-bond acceptors (Lipinski definition) is 3. The van der Waals surface area contributed by atoms with Gasteiger partial charge in [-0.1, -0.05) is 18.2 Å². The standard InChI is InChI=1S/C22H33N3O3/c1-4-25(19-12-15-28-22(2,3)16-19)20(26)17-10-13-24(14-11-17)21(27)23-18-8-6-5-7-9-18/h5-9,17,19H,4,10-16H2,1-3H3,(H,23,27). The summed E-state index contributed by atoms with van der Waals surface area (Å²) in [5.74, 6) is 0.250. The van der Waals surface area contributed by atoms with E-state index in [1.165, 1.54) is 0 Å². The normalized spacial score (nSPS) is 22.5. The maximum absolute atomic E-state index is 13.2. The fourth-order valence-corrected chi connectivity index (χ4v) is 4.35. The zero-order chi connectivity index (χ0) is 20.1. The van der Waals surface area contributed by atoms with Crippen molar-refractivity contribution >= 4 is 17.6 Å². The smallest absolute Gasteiger partial charge is 0.321 e. The minimum absolute atomic E-state index is 0.00619. The Balaban J connectivity index is 1.53. The molecule has 154 valence electrons. The lowest BCUT2D eigenvalue weighted by atomic mass is 9.90. The summed E-state index contributed by atoms with van der Waals surface area (Å²) >= 11 is 0. The fraction of sp³-hybridized carbons (Fsp3) is 0.636. The van der Waals surface area contributed by atoms with Crippen molar-refractivity contribution in [1.29, 1.82) is 0 Å². The third-order valence-corrected chi connectivity index (χ3v) is 5.89. The molecule has 1 aromatic rings. The van der Waals surface area contributed by atoms with E-state index in [2.05, 4.69) is 31.0 Å². The van der Waals surface area contributed by atoms with E-state index in [4.69, 9.17) is 4.74 Å². The topological polar surface area (TPSA) is 61.9 Å². The second kappa shape index (κ2) is 8.95. The number of nitrogens with zero attached hydrogens (tertiary/aromatic N) is 2. The molecule has 0 saturated carbocycles. The molecule has 2 fully saturated rings. The van der Waals surface area contributed by atoms with Gasteiger partial charge in [-0.3, -0.25) is 4.79 Å². The molecule has 6 nitrogen and oxygen atoms in total. The molecule has 28 heavy (non-hydrogen) atoms. The molecule has 3 rings (SSSR count). The van der Waals surface area contributed by atoms with E-state index in [9.17, 15) is 9.59 Å². The first-order chi connectivity index (χ1) is 13.4. The maximum atomic E-state index is 13.2. The number of carbonyl (C=O) groups is 2. The molecular weight excluding hydrogens is 354 g/mol. The van der Waals surface area contributed by atoms with Crippen LogP contribution in [-0.4, -0.2) is 59.6 Å². The number of rotatable bonds is 4. The van der Waals surface area contributed by atoms with Crippen molar-refractivity contribution in [2.45, 2.75) is 58.1 Å². The van der Waals surface area contributed by atoms with E-state index >= 15 is 0 Å². The second-order valence-corrected chi connectivity index (χ2v) is 8.44. The van der Waals surface area contributed by atoms with Gasteiger partial charge in [-0.15, -0.1) is 0 Å². The van der Waals surface area contributed by atoms with Gasteiger partial charge in [0.15, 0.2) is 0 Å². The molecule has 2 aliphatic heterocycles. The highest BCUT2D eigenvalue weighted by molar-refractivity contribution is 5.89. The quantitative estimate of drug-likeness (QED) is 0.856. The number of ether oxygens (including phenoxy) is 1. The molecule has 0 radical (unpaired) electrons. The molecule has 6 heteroatoms. The van der Waals surface area contributed by atoms with Gasteiger partial charge < -0.3 is 19.9 Å². The zero-order valence-corrected chi connectivity index (χ0v) is 17.3. The van der Waals surface area contributed by atoms with Crippen LogP contribution in [-0.2, 0) is 9.53 Å². The Labute approximate surface area is 168 Å². The van der Waals surface area contributed by atoms with Gasteiger partial charge in [-0.2, -0.15) is 0 Å². The van der Waals surface area contributed by atoms with Crippen LogP contribution in [0.3, 0.4) is 0 Å². The van der Waals surface area contributed by atoms with Crippen LogP contribution in [0.2, 0.25) is 0 Å². The average Bonchev–Trinajstić information content (AvgIpc) is 2.68. The van der Waals surface area contributed by atoms with Crippen LogP contribution < -0.4 is 5.32 Å². The molecule has 2 aliphatic rings. The monoisotopic (exact) mass is 387 g/mol. The van der Waals surface area contributed by atoms with Crippen LogP contribution in [0, 0.1) is 5.92 Å². The third-order valence-electron chi connectivity index (χ3n) is 5.89. The Kier molecular flexibility index (Phi) is 6.60. The summed E-state index contributed by atoms with van der Waals surface area (Å²) in [4.78, 5) is 29.5. The Morgan fingerprint density at radius 1 is 1.18 bits per heavy atom. The van der Waals surface area contributed by atoms with Crippen molar-refractivity contribution in [2.24, 2.45) is 5.92 Å². The lowest BCUT2D eigenvalue weighted by Gasteiger charge is -2.43. The summed E-state index contributed by atoms with van der Waals surface area (Å²) in [6, 6.07) is 9.64. The molecule has 0 spiro atoms. The van der Waals surface area contributed by atoms with Gasteiger partial charge in [0.25, 0.3) is 0 Å². The molecule has 3 amide bonds. The van der Waals surface area contributed by atoms with Crippen LogP contribution in [0.1, 0.15) is 46.5 Å². The highest BCUT2D eigenvalue weighted by Crippen LogP contribution is 2.30. The molecule has 1 N–H and O–H groups in total. The van der Waals surface area contributed by atoms with Crippen molar-refractivity contribution in [3.63, 3.8) is 0 Å². The van der Waals surface area contributed by atoms with Crippen LogP contribution in [0.4, 0.5) is 10.5 Å². The average molecular weight is 388 g/mol. The fourth-order valence-electron chi connectivity index (χ4n) is 4.35. The first-order valence-electron chi connectivity index (χ1n) is 10.4. The third kappa shape index (κ3) is 5.04. The van der Waals surface area contributed by atoms with Gasteiger partial charge in [0.05, 0.1) is 5.60 Å². The Hall–Kier alpha value is -2.08. The van der Waals surface area contributed by atoms with Crippen LogP contribution in [0.5, 0.6) is 0 Å². The Bertz CT molecular complexity index is 669. The maximum Gasteiger partial charge on any atom is 0.321 e. The molecule has 0 aliphatic carbocycles. The molecular formula is C22H33N3O3. The van der Waals surface area contributed by atoms with Gasteiger partial charge in [0.1, 0.15) is 0 Å². The van der Waals surface area contributed by atoms with E-state index < -0.39 is 0 Å². The number of benzene rings is 1. The van der Waals surface area contributed by atoms with Gasteiger partial charge >= 0.3 is 6.03 Å². The lowest BCUT2D eigenvalue weighted by Crippen LogP contribution is -2.52. The second-order valence-electron chi connectivity index (χ2n) is 8.44. The summed E-state index contributed by atoms with van der Waals surface area (Å²) in [6.45, 7) is 8.93. The molecule has 2 saturated heterocycles. The SMILES string of the molecule is CCN(C(=O)C1CCN(C(=O)Nc2ccccc2)CC1)C1CCOC(C)(C)C1. The Morgan fingerprint density at radius 2 is 1.86 bits per heavy atom. The number of anilines is 1. The summed E-state index contributed by atoms with van der Waals surface area (Å²) in [5.41, 5.74) is 0.625. The zero-order valence-electron chi connectivity index (χ0n) is 17.3. The lowest BCUT2D eigenvalue weighted by molar-refractivity contribution is -0.145. The van der Waals surface area contributed by atoms with Crippen LogP contribution in [0.25, 0.3) is 0 Å². The predicted molar refractivity (Wildman–Crippen MR) is 110 cm³/mol. The van der Waals surface area contributed by atoms with E-state index in [0.717, 1.165) is 37.9 Å². The molecule has 0 aromatic heterocycles. The van der Waals surface area contributed by atoms with Crippen LogP contribution in [0.15, 0.2) is 30.3 Å². The number of piperidine rings is 1.